The first-order valence-electron chi connectivity index (χ1n) is 12.6. The zero-order chi connectivity index (χ0) is 27.3. The summed E-state index contributed by atoms with van der Waals surface area (Å²) in [5.74, 6) is 0.543. The van der Waals surface area contributed by atoms with Crippen LogP contribution in [0, 0.1) is 6.92 Å². The number of aromatic nitrogens is 2. The number of carboxylic acids is 1. The summed E-state index contributed by atoms with van der Waals surface area (Å²) in [6, 6.07) is 16.4. The highest BCUT2D eigenvalue weighted by Crippen LogP contribution is 2.52. The zero-order valence-electron chi connectivity index (χ0n) is 21.7. The molecule has 0 bridgehead atoms. The third kappa shape index (κ3) is 4.10. The van der Waals surface area contributed by atoms with E-state index in [2.05, 4.69) is 11.4 Å². The van der Waals surface area contributed by atoms with E-state index in [4.69, 9.17) is 14.6 Å². The maximum atomic E-state index is 13.9. The Morgan fingerprint density at radius 2 is 1.92 bits per heavy atom. The van der Waals surface area contributed by atoms with Crippen LogP contribution in [-0.4, -0.2) is 40.9 Å². The molecule has 2 aromatic heterocycles. The Bertz CT molecular complexity index is 1640. The summed E-state index contributed by atoms with van der Waals surface area (Å²) in [4.78, 5) is 27.2. The van der Waals surface area contributed by atoms with Crippen molar-refractivity contribution in [2.24, 2.45) is 0 Å². The van der Waals surface area contributed by atoms with Crippen molar-refractivity contribution in [3.05, 3.63) is 98.5 Å². The van der Waals surface area contributed by atoms with Crippen LogP contribution in [0.5, 0.6) is 11.5 Å². The van der Waals surface area contributed by atoms with Gasteiger partial charge in [0.05, 0.1) is 31.2 Å². The number of nitrogens with one attached hydrogen (secondary N) is 1. The number of Topliss-reactive ketones (excluding diaryl/α,β-unsaturated/α-hetero) is 1. The van der Waals surface area contributed by atoms with Crippen LogP contribution in [0.3, 0.4) is 0 Å². The number of ether oxygens (including phenoxy) is 2. The molecule has 8 nitrogen and oxygen atoms in total. The first-order valence-corrected chi connectivity index (χ1v) is 13.5. The summed E-state index contributed by atoms with van der Waals surface area (Å²) >= 11 is 1.65. The van der Waals surface area contributed by atoms with Gasteiger partial charge in [0, 0.05) is 45.5 Å². The number of ketones is 1. The lowest BCUT2D eigenvalue weighted by Gasteiger charge is -2.36. The monoisotopic (exact) mass is 541 g/mol. The minimum atomic E-state index is -1.04. The van der Waals surface area contributed by atoms with Gasteiger partial charge in [0.25, 0.3) is 0 Å². The number of carbonyl (C=O) groups excluding carboxylic acids is 1. The van der Waals surface area contributed by atoms with Gasteiger partial charge in [-0.15, -0.1) is 11.3 Å². The highest BCUT2D eigenvalue weighted by atomic mass is 32.1. The minimum absolute atomic E-state index is 0.0573. The normalized spacial score (nSPS) is 18.3. The number of carbonyl (C=O) groups is 2. The molecule has 4 aromatic rings. The summed E-state index contributed by atoms with van der Waals surface area (Å²) < 4.78 is 13.0. The van der Waals surface area contributed by atoms with E-state index >= 15 is 0 Å². The van der Waals surface area contributed by atoms with Crippen LogP contribution in [0.4, 0.5) is 5.82 Å². The number of nitrogens with zero attached hydrogens (tertiary/aromatic N) is 2. The van der Waals surface area contributed by atoms with Crippen molar-refractivity contribution in [2.45, 2.75) is 31.6 Å². The van der Waals surface area contributed by atoms with Crippen LogP contribution >= 0.6 is 11.3 Å². The smallest absolute Gasteiger partial charge is 0.337 e. The van der Waals surface area contributed by atoms with E-state index in [0.717, 1.165) is 16.8 Å². The van der Waals surface area contributed by atoms with Crippen LogP contribution in [0.25, 0.3) is 5.69 Å². The molecule has 0 radical (unpaired) electrons. The molecule has 9 heteroatoms. The topological polar surface area (TPSA) is 103 Å². The van der Waals surface area contributed by atoms with Gasteiger partial charge in [-0.05, 0) is 55.1 Å². The fourth-order valence-electron chi connectivity index (χ4n) is 5.79. The van der Waals surface area contributed by atoms with Gasteiger partial charge in [-0.2, -0.15) is 5.10 Å². The van der Waals surface area contributed by atoms with Crippen LogP contribution < -0.4 is 14.8 Å². The standard InChI is InChI=1S/C30H27N3O5S/c1-16-26-27(20-15-18(37-2)10-11-24(20)38-3)28-21(13-17(14-23(28)34)25-9-6-12-39-25)31-29(26)33(32-16)22-8-5-4-7-19(22)30(35)36/h4-12,15,17,27,31H,13-14H2,1-3H3,(H,35,36)/t17-,27-/m1/s1. The molecule has 1 aliphatic carbocycles. The second kappa shape index (κ2) is 9.74. The van der Waals surface area contributed by atoms with E-state index in [-0.39, 0.29) is 17.3 Å². The summed E-state index contributed by atoms with van der Waals surface area (Å²) in [5, 5.41) is 20.3. The van der Waals surface area contributed by atoms with Crippen molar-refractivity contribution in [2.75, 3.05) is 19.5 Å². The molecule has 3 heterocycles. The van der Waals surface area contributed by atoms with Crippen molar-refractivity contribution in [1.29, 1.82) is 0 Å². The highest BCUT2D eigenvalue weighted by molar-refractivity contribution is 7.10. The first-order chi connectivity index (χ1) is 18.9. The van der Waals surface area contributed by atoms with Gasteiger partial charge in [-0.1, -0.05) is 18.2 Å². The average molecular weight is 542 g/mol. The van der Waals surface area contributed by atoms with E-state index in [9.17, 15) is 14.7 Å². The Labute approximate surface area is 229 Å². The number of anilines is 1. The summed E-state index contributed by atoms with van der Waals surface area (Å²) in [5.41, 5.74) is 4.38. The number of benzene rings is 2. The molecule has 0 fully saturated rings. The van der Waals surface area contributed by atoms with Crippen molar-refractivity contribution >= 4 is 28.9 Å². The molecule has 198 valence electrons. The molecule has 39 heavy (non-hydrogen) atoms. The summed E-state index contributed by atoms with van der Waals surface area (Å²) in [7, 11) is 3.21. The zero-order valence-corrected chi connectivity index (χ0v) is 22.5. The Balaban J connectivity index is 1.61. The van der Waals surface area contributed by atoms with E-state index in [1.54, 1.807) is 54.5 Å². The van der Waals surface area contributed by atoms with Crippen LogP contribution in [-0.2, 0) is 4.79 Å². The summed E-state index contributed by atoms with van der Waals surface area (Å²) in [6.07, 6.45) is 1.06. The number of aryl methyl sites for hydroxylation is 1. The first kappa shape index (κ1) is 24.9. The largest absolute Gasteiger partial charge is 0.497 e. The molecule has 0 saturated heterocycles. The molecule has 2 atom stereocenters. The minimum Gasteiger partial charge on any atom is -0.497 e. The van der Waals surface area contributed by atoms with Crippen LogP contribution in [0.2, 0.25) is 0 Å². The van der Waals surface area contributed by atoms with Crippen molar-refractivity contribution in [1.82, 2.24) is 9.78 Å². The van der Waals surface area contributed by atoms with Crippen molar-refractivity contribution in [3.63, 3.8) is 0 Å². The van der Waals surface area contributed by atoms with E-state index in [1.807, 2.05) is 36.6 Å². The van der Waals surface area contributed by atoms with Gasteiger partial charge in [0.15, 0.2) is 5.78 Å². The Morgan fingerprint density at radius 3 is 2.64 bits per heavy atom. The second-order valence-corrected chi connectivity index (χ2v) is 10.7. The fourth-order valence-corrected chi connectivity index (χ4v) is 6.62. The molecule has 6 rings (SSSR count). The van der Waals surface area contributed by atoms with Gasteiger partial charge < -0.3 is 19.9 Å². The number of allylic oxidation sites excluding steroid dienone is 2. The Kier molecular flexibility index (Phi) is 6.23. The lowest BCUT2D eigenvalue weighted by atomic mass is 9.73. The number of thiophene rings is 1. The number of hydrogen-bond acceptors (Lipinski definition) is 7. The maximum absolute atomic E-state index is 13.9. The molecular formula is C30H27N3O5S. The molecule has 2 aromatic carbocycles. The van der Waals surface area contributed by atoms with Gasteiger partial charge in [0.1, 0.15) is 17.3 Å². The van der Waals surface area contributed by atoms with E-state index in [1.165, 1.54) is 4.88 Å². The second-order valence-electron chi connectivity index (χ2n) is 9.68. The molecule has 0 saturated carbocycles. The van der Waals surface area contributed by atoms with Crippen LogP contribution in [0.1, 0.15) is 56.7 Å². The Hall–Kier alpha value is -4.37. The van der Waals surface area contributed by atoms with Gasteiger partial charge in [0.2, 0.25) is 0 Å². The molecule has 2 aliphatic rings. The van der Waals surface area contributed by atoms with Crippen molar-refractivity contribution < 1.29 is 24.2 Å². The number of aromatic carboxylic acids is 1. The maximum Gasteiger partial charge on any atom is 0.337 e. The number of fused-ring (bicyclic) bond motifs is 1. The predicted molar refractivity (Wildman–Crippen MR) is 149 cm³/mol. The van der Waals surface area contributed by atoms with E-state index in [0.29, 0.717) is 47.1 Å². The number of methoxy groups -OCH3 is 2. The highest BCUT2D eigenvalue weighted by Gasteiger charge is 2.42. The van der Waals surface area contributed by atoms with Gasteiger partial charge >= 0.3 is 5.97 Å². The van der Waals surface area contributed by atoms with Crippen molar-refractivity contribution in [3.8, 4) is 17.2 Å². The number of rotatable bonds is 6. The van der Waals surface area contributed by atoms with Gasteiger partial charge in [-0.3, -0.25) is 4.79 Å². The predicted octanol–water partition coefficient (Wildman–Crippen LogP) is 5.92. The molecule has 2 N–H and O–H groups in total. The lowest BCUT2D eigenvalue weighted by molar-refractivity contribution is -0.116. The third-order valence-corrected chi connectivity index (χ3v) is 8.55. The molecule has 0 unspecified atom stereocenters. The number of hydrogen-bond donors (Lipinski definition) is 2. The SMILES string of the molecule is COc1ccc(OC)c([C@H]2C3=C(C[C@@H](c4cccs4)CC3=O)Nc3c2c(C)nn3-c2ccccc2C(=O)O)c1. The quantitative estimate of drug-likeness (QED) is 0.313. The fraction of sp³-hybridized carbons (Fsp3) is 0.233. The van der Waals surface area contributed by atoms with Crippen LogP contribution in [0.15, 0.2) is 71.2 Å². The van der Waals surface area contributed by atoms with Gasteiger partial charge in [-0.25, -0.2) is 9.48 Å². The number of carboxylic acid groups (broad SMARTS) is 1. The molecule has 0 amide bonds. The molecule has 0 spiro atoms. The van der Waals surface area contributed by atoms with E-state index < -0.39 is 11.9 Å². The molecular weight excluding hydrogens is 514 g/mol. The lowest BCUT2D eigenvalue weighted by Crippen LogP contribution is -2.30. The molecule has 1 aliphatic heterocycles. The Morgan fingerprint density at radius 1 is 1.10 bits per heavy atom. The third-order valence-electron chi connectivity index (χ3n) is 7.52. The summed E-state index contributed by atoms with van der Waals surface area (Å²) in [6.45, 7) is 1.88. The average Bonchev–Trinajstić information content (AvgIpc) is 3.60. The number of para-hydroxylation sites is 1.